The van der Waals surface area contributed by atoms with Gasteiger partial charge in [0.1, 0.15) is 0 Å². The van der Waals surface area contributed by atoms with Crippen molar-refractivity contribution < 1.29 is 14.7 Å². The minimum Gasteiger partial charge on any atom is -0.465 e. The highest BCUT2D eigenvalue weighted by molar-refractivity contribution is 5.90. The fourth-order valence-corrected chi connectivity index (χ4v) is 2.58. The molecule has 1 amide bonds. The molecule has 1 aromatic heterocycles. The molecule has 0 spiro atoms. The first kappa shape index (κ1) is 14.3. The highest BCUT2D eigenvalue weighted by Crippen LogP contribution is 2.24. The monoisotopic (exact) mass is 278 g/mol. The molecule has 0 saturated carbocycles. The highest BCUT2D eigenvalue weighted by Gasteiger charge is 2.47. The van der Waals surface area contributed by atoms with Crippen molar-refractivity contribution in [1.29, 1.82) is 0 Å². The maximum Gasteiger partial charge on any atom is 0.409 e. The van der Waals surface area contributed by atoms with E-state index in [9.17, 15) is 14.7 Å². The Hall–Kier alpha value is -2.15. The van der Waals surface area contributed by atoms with Crippen molar-refractivity contribution in [3.05, 3.63) is 24.5 Å². The summed E-state index contributed by atoms with van der Waals surface area (Å²) in [6.45, 7) is 2.47. The number of pyridine rings is 1. The molecule has 1 aromatic rings. The van der Waals surface area contributed by atoms with E-state index in [2.05, 4.69) is 10.3 Å². The number of rotatable bonds is 3. The Kier molecular flexibility index (Phi) is 3.89. The van der Waals surface area contributed by atoms with E-state index in [0.717, 1.165) is 5.69 Å². The molecule has 7 nitrogen and oxygen atoms in total. The molecule has 2 rings (SSSR count). The summed E-state index contributed by atoms with van der Waals surface area (Å²) in [5, 5.41) is 12.2. The Morgan fingerprint density at radius 1 is 1.35 bits per heavy atom. The smallest absolute Gasteiger partial charge is 0.409 e. The maximum absolute atomic E-state index is 12.0. The number of Topliss-reactive ketones (excluding diaryl/α,β-unsaturated/α-hetero) is 1. The molecule has 2 N–H and O–H groups in total. The van der Waals surface area contributed by atoms with Crippen LogP contribution in [0.5, 0.6) is 0 Å². The maximum atomic E-state index is 12.0. The van der Waals surface area contributed by atoms with Crippen LogP contribution in [0.3, 0.4) is 0 Å². The number of likely N-dealkylation sites (N-methyl/N-ethyl adjacent to an activating group) is 1. The third-order valence-corrected chi connectivity index (χ3v) is 3.73. The number of nitrogens with one attached hydrogen (secondary N) is 1. The number of ketones is 1. The second-order valence-corrected chi connectivity index (χ2v) is 4.73. The Morgan fingerprint density at radius 2 is 2.00 bits per heavy atom. The fraction of sp³-hybridized carbons (Fsp3) is 0.462. The SMILES string of the molecule is CNC1(C(C)=O)CN(c2ccncc2)CCN1C(=O)O. The van der Waals surface area contributed by atoms with Crippen molar-refractivity contribution >= 4 is 17.6 Å². The summed E-state index contributed by atoms with van der Waals surface area (Å²) in [5.41, 5.74) is -0.293. The first-order valence-corrected chi connectivity index (χ1v) is 6.37. The molecule has 1 fully saturated rings. The number of piperazine rings is 1. The van der Waals surface area contributed by atoms with Crippen LogP contribution in [0, 0.1) is 0 Å². The number of carboxylic acid groups (broad SMARTS) is 1. The quantitative estimate of drug-likeness (QED) is 0.831. The van der Waals surface area contributed by atoms with Gasteiger partial charge in [0.05, 0.1) is 6.54 Å². The van der Waals surface area contributed by atoms with Crippen LogP contribution in [-0.2, 0) is 4.79 Å². The molecule has 108 valence electrons. The summed E-state index contributed by atoms with van der Waals surface area (Å²) < 4.78 is 0. The van der Waals surface area contributed by atoms with Crippen LogP contribution in [0.4, 0.5) is 10.5 Å². The molecule has 20 heavy (non-hydrogen) atoms. The van der Waals surface area contributed by atoms with Crippen molar-refractivity contribution in [2.45, 2.75) is 12.6 Å². The summed E-state index contributed by atoms with van der Waals surface area (Å²) >= 11 is 0. The van der Waals surface area contributed by atoms with E-state index < -0.39 is 11.8 Å². The van der Waals surface area contributed by atoms with Crippen LogP contribution in [0.2, 0.25) is 0 Å². The summed E-state index contributed by atoms with van der Waals surface area (Å²) in [6, 6.07) is 3.69. The van der Waals surface area contributed by atoms with E-state index in [0.29, 0.717) is 6.54 Å². The molecule has 0 bridgehead atoms. The minimum atomic E-state index is -1.21. The van der Waals surface area contributed by atoms with Gasteiger partial charge >= 0.3 is 6.09 Å². The van der Waals surface area contributed by atoms with Crippen molar-refractivity contribution in [2.75, 3.05) is 31.6 Å². The Morgan fingerprint density at radius 3 is 2.50 bits per heavy atom. The van der Waals surface area contributed by atoms with E-state index in [4.69, 9.17) is 0 Å². The normalized spacial score (nSPS) is 22.7. The number of nitrogens with zero attached hydrogens (tertiary/aromatic N) is 3. The van der Waals surface area contributed by atoms with Crippen molar-refractivity contribution in [1.82, 2.24) is 15.2 Å². The van der Waals surface area contributed by atoms with Gasteiger partial charge in [-0.25, -0.2) is 4.79 Å². The van der Waals surface area contributed by atoms with Crippen molar-refractivity contribution in [3.63, 3.8) is 0 Å². The van der Waals surface area contributed by atoms with Gasteiger partial charge in [-0.05, 0) is 26.1 Å². The third-order valence-electron chi connectivity index (χ3n) is 3.73. The van der Waals surface area contributed by atoms with Gasteiger partial charge in [0.2, 0.25) is 0 Å². The zero-order chi connectivity index (χ0) is 14.8. The van der Waals surface area contributed by atoms with Crippen molar-refractivity contribution in [2.24, 2.45) is 0 Å². The predicted octanol–water partition coefficient (Wildman–Crippen LogP) is 0.386. The Balaban J connectivity index is 2.33. The van der Waals surface area contributed by atoms with Crippen LogP contribution in [-0.4, -0.2) is 59.2 Å². The molecule has 0 radical (unpaired) electrons. The van der Waals surface area contributed by atoms with E-state index in [-0.39, 0.29) is 18.9 Å². The van der Waals surface area contributed by atoms with Crippen molar-refractivity contribution in [3.8, 4) is 0 Å². The van der Waals surface area contributed by atoms with E-state index in [1.807, 2.05) is 17.0 Å². The second kappa shape index (κ2) is 5.46. The van der Waals surface area contributed by atoms with Gasteiger partial charge in [0.25, 0.3) is 0 Å². The lowest BCUT2D eigenvalue weighted by molar-refractivity contribution is -0.130. The summed E-state index contributed by atoms with van der Waals surface area (Å²) in [6.07, 6.45) is 2.26. The highest BCUT2D eigenvalue weighted by atomic mass is 16.4. The van der Waals surface area contributed by atoms with E-state index in [1.54, 1.807) is 19.4 Å². The largest absolute Gasteiger partial charge is 0.465 e. The molecule has 2 heterocycles. The molecule has 1 aliphatic rings. The summed E-state index contributed by atoms with van der Waals surface area (Å²) in [5.74, 6) is -0.221. The second-order valence-electron chi connectivity index (χ2n) is 4.73. The molecule has 1 atom stereocenters. The lowest BCUT2D eigenvalue weighted by atomic mass is 9.99. The van der Waals surface area contributed by atoms with Gasteiger partial charge in [-0.2, -0.15) is 0 Å². The number of carbonyl (C=O) groups is 2. The predicted molar refractivity (Wildman–Crippen MR) is 73.7 cm³/mol. The number of amides is 1. The number of hydrogen-bond acceptors (Lipinski definition) is 5. The number of anilines is 1. The van der Waals surface area contributed by atoms with E-state index >= 15 is 0 Å². The third kappa shape index (κ3) is 2.32. The Labute approximate surface area is 117 Å². The van der Waals surface area contributed by atoms with Gasteiger partial charge in [0, 0.05) is 31.2 Å². The average molecular weight is 278 g/mol. The topological polar surface area (TPSA) is 85.8 Å². The zero-order valence-corrected chi connectivity index (χ0v) is 11.5. The fourth-order valence-electron chi connectivity index (χ4n) is 2.58. The molecule has 7 heteroatoms. The molecule has 1 saturated heterocycles. The molecular formula is C13H18N4O3. The number of aromatic nitrogens is 1. The van der Waals surface area contributed by atoms with Gasteiger partial charge in [-0.3, -0.25) is 20.0 Å². The Bertz CT molecular complexity index is 508. The van der Waals surface area contributed by atoms with Crippen LogP contribution in [0.25, 0.3) is 0 Å². The summed E-state index contributed by atoms with van der Waals surface area (Å²) in [7, 11) is 1.60. The standard InChI is InChI=1S/C13H18N4O3/c1-10(18)13(14-2)9-16(7-8-17(13)12(19)20)11-3-5-15-6-4-11/h3-6,14H,7-9H2,1-2H3,(H,19,20). The molecule has 1 aliphatic heterocycles. The van der Waals surface area contributed by atoms with Gasteiger partial charge in [0.15, 0.2) is 11.4 Å². The number of carbonyl (C=O) groups excluding carboxylic acids is 1. The first-order chi connectivity index (χ1) is 9.51. The molecule has 0 aromatic carbocycles. The average Bonchev–Trinajstić information content (AvgIpc) is 2.47. The lowest BCUT2D eigenvalue weighted by Crippen LogP contribution is -2.73. The van der Waals surface area contributed by atoms with Crippen LogP contribution >= 0.6 is 0 Å². The summed E-state index contributed by atoms with van der Waals surface area (Å²) in [4.78, 5) is 30.5. The molecule has 1 unspecified atom stereocenters. The zero-order valence-electron chi connectivity index (χ0n) is 11.5. The van der Waals surface area contributed by atoms with Crippen LogP contribution in [0.1, 0.15) is 6.92 Å². The molecular weight excluding hydrogens is 260 g/mol. The van der Waals surface area contributed by atoms with Gasteiger partial charge < -0.3 is 10.0 Å². The van der Waals surface area contributed by atoms with E-state index in [1.165, 1.54) is 11.8 Å². The number of hydrogen-bond donors (Lipinski definition) is 2. The molecule has 0 aliphatic carbocycles. The van der Waals surface area contributed by atoms with Gasteiger partial charge in [-0.1, -0.05) is 0 Å². The lowest BCUT2D eigenvalue weighted by Gasteiger charge is -2.48. The minimum absolute atomic E-state index is 0.221. The first-order valence-electron chi connectivity index (χ1n) is 6.37. The van der Waals surface area contributed by atoms with Crippen LogP contribution < -0.4 is 10.2 Å². The van der Waals surface area contributed by atoms with Gasteiger partial charge in [-0.15, -0.1) is 0 Å². The van der Waals surface area contributed by atoms with Crippen LogP contribution in [0.15, 0.2) is 24.5 Å².